The number of aryl methyl sites for hydroxylation is 1. The number of anilines is 3. The Kier molecular flexibility index (Phi) is 9.93. The fourth-order valence-corrected chi connectivity index (χ4v) is 3.55. The van der Waals surface area contributed by atoms with E-state index in [1.165, 1.54) is 26.4 Å². The number of esters is 1. The molecule has 3 N–H and O–H groups in total. The van der Waals surface area contributed by atoms with Crippen molar-refractivity contribution in [2.75, 3.05) is 43.9 Å². The van der Waals surface area contributed by atoms with Crippen LogP contribution in [0.4, 0.5) is 21.9 Å². The SMILES string of the molecule is CCOC(=O)c1cc(OC)c(OC)cc1NC(=O)CCc1ccc(NC(=O)Nc2ccc(OC)cc2)cc1. The van der Waals surface area contributed by atoms with Crippen molar-refractivity contribution >= 4 is 35.0 Å². The van der Waals surface area contributed by atoms with Crippen molar-refractivity contribution in [2.24, 2.45) is 0 Å². The normalized spacial score (nSPS) is 10.2. The van der Waals surface area contributed by atoms with Gasteiger partial charge in [-0.05, 0) is 55.3 Å². The Hall–Kier alpha value is -4.73. The number of hydrogen-bond donors (Lipinski definition) is 3. The molecule has 10 heteroatoms. The maximum Gasteiger partial charge on any atom is 0.340 e. The van der Waals surface area contributed by atoms with Crippen molar-refractivity contribution in [3.63, 3.8) is 0 Å². The maximum atomic E-state index is 12.7. The Morgan fingerprint density at radius 1 is 0.737 bits per heavy atom. The Bertz CT molecular complexity index is 1260. The Labute approximate surface area is 221 Å². The maximum absolute atomic E-state index is 12.7. The Morgan fingerprint density at radius 2 is 1.32 bits per heavy atom. The third-order valence-electron chi connectivity index (χ3n) is 5.49. The number of amides is 3. The summed E-state index contributed by atoms with van der Waals surface area (Å²) in [4.78, 5) is 37.4. The number of rotatable bonds is 11. The van der Waals surface area contributed by atoms with Crippen molar-refractivity contribution < 1.29 is 33.3 Å². The lowest BCUT2D eigenvalue weighted by Gasteiger charge is -2.15. The first-order valence-corrected chi connectivity index (χ1v) is 11.9. The summed E-state index contributed by atoms with van der Waals surface area (Å²) in [5.74, 6) is 0.546. The minimum Gasteiger partial charge on any atom is -0.497 e. The quantitative estimate of drug-likeness (QED) is 0.300. The number of methoxy groups -OCH3 is 3. The first-order chi connectivity index (χ1) is 18.4. The monoisotopic (exact) mass is 521 g/mol. The van der Waals surface area contributed by atoms with Crippen molar-refractivity contribution in [1.82, 2.24) is 0 Å². The van der Waals surface area contributed by atoms with E-state index < -0.39 is 5.97 Å². The van der Waals surface area contributed by atoms with Gasteiger partial charge in [-0.1, -0.05) is 12.1 Å². The van der Waals surface area contributed by atoms with Crippen LogP contribution in [-0.2, 0) is 16.0 Å². The van der Waals surface area contributed by atoms with Gasteiger partial charge in [0.05, 0.1) is 39.2 Å². The van der Waals surface area contributed by atoms with Gasteiger partial charge in [-0.2, -0.15) is 0 Å². The van der Waals surface area contributed by atoms with Gasteiger partial charge in [0.2, 0.25) is 5.91 Å². The summed E-state index contributed by atoms with van der Waals surface area (Å²) in [6.07, 6.45) is 0.619. The number of urea groups is 1. The van der Waals surface area contributed by atoms with Crippen LogP contribution < -0.4 is 30.2 Å². The first-order valence-electron chi connectivity index (χ1n) is 11.9. The molecule has 0 atom stereocenters. The molecule has 0 aliphatic heterocycles. The fraction of sp³-hybridized carbons (Fsp3) is 0.250. The van der Waals surface area contributed by atoms with Crippen LogP contribution in [0.5, 0.6) is 17.2 Å². The molecule has 38 heavy (non-hydrogen) atoms. The minimum absolute atomic E-state index is 0.168. The molecule has 0 heterocycles. The highest BCUT2D eigenvalue weighted by Gasteiger charge is 2.19. The average molecular weight is 522 g/mol. The summed E-state index contributed by atoms with van der Waals surface area (Å²) in [6, 6.07) is 16.8. The molecule has 10 nitrogen and oxygen atoms in total. The average Bonchev–Trinajstić information content (AvgIpc) is 2.92. The third-order valence-corrected chi connectivity index (χ3v) is 5.49. The summed E-state index contributed by atoms with van der Waals surface area (Å²) < 4.78 is 20.8. The van der Waals surface area contributed by atoms with Crippen LogP contribution in [0, 0.1) is 0 Å². The molecule has 0 aliphatic carbocycles. The predicted octanol–water partition coefficient (Wildman–Crippen LogP) is 5.10. The van der Waals surface area contributed by atoms with Crippen LogP contribution in [0.3, 0.4) is 0 Å². The molecule has 0 spiro atoms. The largest absolute Gasteiger partial charge is 0.497 e. The van der Waals surface area contributed by atoms with Crippen LogP contribution in [0.25, 0.3) is 0 Å². The van der Waals surface area contributed by atoms with E-state index in [9.17, 15) is 14.4 Å². The van der Waals surface area contributed by atoms with E-state index in [0.29, 0.717) is 35.0 Å². The molecule has 0 fully saturated rings. The van der Waals surface area contributed by atoms with Gasteiger partial charge >= 0.3 is 12.0 Å². The Morgan fingerprint density at radius 3 is 1.87 bits per heavy atom. The highest BCUT2D eigenvalue weighted by Crippen LogP contribution is 2.34. The van der Waals surface area contributed by atoms with Crippen molar-refractivity contribution in [2.45, 2.75) is 19.8 Å². The molecular weight excluding hydrogens is 490 g/mol. The van der Waals surface area contributed by atoms with Gasteiger partial charge in [-0.3, -0.25) is 4.79 Å². The van der Waals surface area contributed by atoms with Crippen LogP contribution in [0.1, 0.15) is 29.3 Å². The first kappa shape index (κ1) is 27.9. The second kappa shape index (κ2) is 13.5. The van der Waals surface area contributed by atoms with Gasteiger partial charge in [-0.15, -0.1) is 0 Å². The second-order valence-electron chi connectivity index (χ2n) is 8.03. The van der Waals surface area contributed by atoms with Gasteiger partial charge in [0.25, 0.3) is 0 Å². The van der Waals surface area contributed by atoms with Gasteiger partial charge in [0.1, 0.15) is 5.75 Å². The molecule has 3 rings (SSSR count). The lowest BCUT2D eigenvalue weighted by Crippen LogP contribution is -2.19. The van der Waals surface area contributed by atoms with Crippen molar-refractivity contribution in [3.05, 3.63) is 71.8 Å². The summed E-state index contributed by atoms with van der Waals surface area (Å²) in [5.41, 5.74) is 2.58. The molecule has 0 saturated heterocycles. The molecule has 0 aromatic heterocycles. The highest BCUT2D eigenvalue weighted by molar-refractivity contribution is 6.02. The molecule has 0 saturated carbocycles. The van der Waals surface area contributed by atoms with E-state index in [0.717, 1.165) is 5.56 Å². The number of ether oxygens (including phenoxy) is 4. The van der Waals surface area contributed by atoms with Crippen LogP contribution in [-0.4, -0.2) is 45.8 Å². The summed E-state index contributed by atoms with van der Waals surface area (Å²) in [6.45, 7) is 1.89. The molecule has 200 valence electrons. The summed E-state index contributed by atoms with van der Waals surface area (Å²) in [5, 5.41) is 8.28. The van der Waals surface area contributed by atoms with Gasteiger partial charge in [-0.25, -0.2) is 9.59 Å². The van der Waals surface area contributed by atoms with Crippen LogP contribution >= 0.6 is 0 Å². The molecule has 3 aromatic carbocycles. The van der Waals surface area contributed by atoms with Crippen LogP contribution in [0.2, 0.25) is 0 Å². The standard InChI is InChI=1S/C28H31N3O7/c1-5-38-27(33)22-16-24(36-3)25(37-4)17-23(22)31-26(32)15-8-18-6-9-19(10-7-18)29-28(34)30-20-11-13-21(35-2)14-12-20/h6-7,9-14,16-17H,5,8,15H2,1-4H3,(H,31,32)(H2,29,30,34). The van der Waals surface area contributed by atoms with Crippen LogP contribution in [0.15, 0.2) is 60.7 Å². The van der Waals surface area contributed by atoms with Gasteiger partial charge in [0, 0.05) is 29.9 Å². The van der Waals surface area contributed by atoms with Crippen molar-refractivity contribution in [3.8, 4) is 17.2 Å². The number of benzene rings is 3. The predicted molar refractivity (Wildman–Crippen MR) is 145 cm³/mol. The zero-order valence-corrected chi connectivity index (χ0v) is 21.8. The molecule has 0 unspecified atom stereocenters. The smallest absolute Gasteiger partial charge is 0.340 e. The fourth-order valence-electron chi connectivity index (χ4n) is 3.55. The van der Waals surface area contributed by atoms with Crippen molar-refractivity contribution in [1.29, 1.82) is 0 Å². The molecule has 0 bridgehead atoms. The minimum atomic E-state index is -0.581. The Balaban J connectivity index is 1.57. The molecule has 0 radical (unpaired) electrons. The van der Waals surface area contributed by atoms with Gasteiger partial charge < -0.3 is 34.9 Å². The third kappa shape index (κ3) is 7.63. The number of carbonyl (C=O) groups excluding carboxylic acids is 3. The molecular formula is C28H31N3O7. The van der Waals surface area contributed by atoms with E-state index in [1.54, 1.807) is 50.4 Å². The topological polar surface area (TPSA) is 124 Å². The molecule has 3 aromatic rings. The lowest BCUT2D eigenvalue weighted by atomic mass is 10.1. The zero-order valence-electron chi connectivity index (χ0n) is 21.8. The molecule has 0 aliphatic rings. The molecule has 3 amide bonds. The number of carbonyl (C=O) groups is 3. The summed E-state index contributed by atoms with van der Waals surface area (Å²) in [7, 11) is 4.50. The number of hydrogen-bond acceptors (Lipinski definition) is 7. The van der Waals surface area contributed by atoms with E-state index in [4.69, 9.17) is 18.9 Å². The zero-order chi connectivity index (χ0) is 27.5. The summed E-state index contributed by atoms with van der Waals surface area (Å²) >= 11 is 0. The van der Waals surface area contributed by atoms with Gasteiger partial charge in [0.15, 0.2) is 11.5 Å². The second-order valence-corrected chi connectivity index (χ2v) is 8.03. The van der Waals surface area contributed by atoms with E-state index >= 15 is 0 Å². The lowest BCUT2D eigenvalue weighted by molar-refractivity contribution is -0.116. The number of nitrogens with one attached hydrogen (secondary N) is 3. The van der Waals surface area contributed by atoms with E-state index in [1.807, 2.05) is 12.1 Å². The van der Waals surface area contributed by atoms with E-state index in [-0.39, 0.29) is 36.2 Å². The van der Waals surface area contributed by atoms with E-state index in [2.05, 4.69) is 16.0 Å². The highest BCUT2D eigenvalue weighted by atomic mass is 16.5.